The highest BCUT2D eigenvalue weighted by Crippen LogP contribution is 2.36. The lowest BCUT2D eigenvalue weighted by Crippen LogP contribution is -2.00. The van der Waals surface area contributed by atoms with E-state index in [0.29, 0.717) is 22.6 Å². The molecular formula is C13H13NO3. The Kier molecular flexibility index (Phi) is 2.95. The molecular weight excluding hydrogens is 218 g/mol. The van der Waals surface area contributed by atoms with Crippen molar-refractivity contribution in [1.82, 2.24) is 4.98 Å². The molecule has 0 unspecified atom stereocenters. The zero-order valence-corrected chi connectivity index (χ0v) is 9.98. The molecule has 1 aromatic heterocycles. The monoisotopic (exact) mass is 231 g/mol. The number of benzene rings is 1. The van der Waals surface area contributed by atoms with Gasteiger partial charge in [-0.2, -0.15) is 0 Å². The number of ketones is 1. The maximum atomic E-state index is 11.6. The van der Waals surface area contributed by atoms with E-state index in [1.807, 2.05) is 6.07 Å². The van der Waals surface area contributed by atoms with Crippen molar-refractivity contribution in [1.29, 1.82) is 0 Å². The summed E-state index contributed by atoms with van der Waals surface area (Å²) >= 11 is 0. The van der Waals surface area contributed by atoms with E-state index in [4.69, 9.17) is 9.47 Å². The summed E-state index contributed by atoms with van der Waals surface area (Å²) in [6, 6.07) is 5.32. The third kappa shape index (κ3) is 1.82. The van der Waals surface area contributed by atoms with Crippen molar-refractivity contribution in [3.8, 4) is 11.5 Å². The van der Waals surface area contributed by atoms with E-state index >= 15 is 0 Å². The largest absolute Gasteiger partial charge is 0.493 e. The first-order chi connectivity index (χ1) is 8.19. The van der Waals surface area contributed by atoms with E-state index < -0.39 is 0 Å². The number of hydrogen-bond acceptors (Lipinski definition) is 4. The average Bonchev–Trinajstić information content (AvgIpc) is 2.36. The Balaban J connectivity index is 2.89. The molecule has 0 saturated heterocycles. The maximum absolute atomic E-state index is 11.6. The third-order valence-corrected chi connectivity index (χ3v) is 2.61. The van der Waals surface area contributed by atoms with Gasteiger partial charge in [0.1, 0.15) is 0 Å². The standard InChI is InChI=1S/C13H13NO3/c1-8(15)10-7-11(16-2)13(17-3)9-5-4-6-14-12(9)10/h4-7H,1-3H3. The molecule has 0 aliphatic rings. The molecule has 0 radical (unpaired) electrons. The number of rotatable bonds is 3. The predicted molar refractivity (Wildman–Crippen MR) is 64.9 cm³/mol. The summed E-state index contributed by atoms with van der Waals surface area (Å²) < 4.78 is 10.5. The summed E-state index contributed by atoms with van der Waals surface area (Å²) in [6.07, 6.45) is 1.65. The molecule has 17 heavy (non-hydrogen) atoms. The lowest BCUT2D eigenvalue weighted by atomic mass is 10.1. The smallest absolute Gasteiger partial charge is 0.170 e. The molecule has 0 bridgehead atoms. The number of hydrogen-bond donors (Lipinski definition) is 0. The summed E-state index contributed by atoms with van der Waals surface area (Å²) in [7, 11) is 3.11. The lowest BCUT2D eigenvalue weighted by Gasteiger charge is -2.12. The Hall–Kier alpha value is -2.10. The van der Waals surface area contributed by atoms with Gasteiger partial charge in [-0.05, 0) is 25.1 Å². The molecule has 2 rings (SSSR count). The highest BCUT2D eigenvalue weighted by atomic mass is 16.5. The van der Waals surface area contributed by atoms with Crippen LogP contribution in [-0.2, 0) is 0 Å². The highest BCUT2D eigenvalue weighted by molar-refractivity contribution is 6.08. The van der Waals surface area contributed by atoms with Crippen LogP contribution in [0.2, 0.25) is 0 Å². The van der Waals surface area contributed by atoms with E-state index in [9.17, 15) is 4.79 Å². The zero-order valence-electron chi connectivity index (χ0n) is 9.98. The minimum absolute atomic E-state index is 0.0466. The van der Waals surface area contributed by atoms with Crippen LogP contribution >= 0.6 is 0 Å². The molecule has 4 heteroatoms. The van der Waals surface area contributed by atoms with E-state index in [1.165, 1.54) is 6.92 Å². The van der Waals surface area contributed by atoms with E-state index in [-0.39, 0.29) is 5.78 Å². The summed E-state index contributed by atoms with van der Waals surface area (Å²) in [5.41, 5.74) is 1.18. The second-order valence-corrected chi connectivity index (χ2v) is 3.62. The Morgan fingerprint density at radius 3 is 2.65 bits per heavy atom. The van der Waals surface area contributed by atoms with E-state index in [2.05, 4.69) is 4.98 Å². The predicted octanol–water partition coefficient (Wildman–Crippen LogP) is 2.45. The molecule has 0 N–H and O–H groups in total. The molecule has 1 heterocycles. The SMILES string of the molecule is COc1cc(C(C)=O)c2ncccc2c1OC. The molecule has 88 valence electrons. The number of aromatic nitrogens is 1. The van der Waals surface area contributed by atoms with Crippen molar-refractivity contribution in [3.63, 3.8) is 0 Å². The van der Waals surface area contributed by atoms with Gasteiger partial charge >= 0.3 is 0 Å². The molecule has 2 aromatic rings. The second kappa shape index (κ2) is 4.41. The first kappa shape index (κ1) is 11.4. The minimum atomic E-state index is -0.0466. The van der Waals surface area contributed by atoms with Crippen LogP contribution in [0.25, 0.3) is 10.9 Å². The fourth-order valence-corrected chi connectivity index (χ4v) is 1.83. The van der Waals surface area contributed by atoms with Crippen LogP contribution in [0, 0.1) is 0 Å². The van der Waals surface area contributed by atoms with Crippen LogP contribution in [-0.4, -0.2) is 25.0 Å². The minimum Gasteiger partial charge on any atom is -0.493 e. The number of nitrogens with zero attached hydrogens (tertiary/aromatic N) is 1. The second-order valence-electron chi connectivity index (χ2n) is 3.62. The number of carbonyl (C=O) groups excluding carboxylic acids is 1. The number of pyridine rings is 1. The normalized spacial score (nSPS) is 10.3. The average molecular weight is 231 g/mol. The summed E-state index contributed by atoms with van der Waals surface area (Å²) in [4.78, 5) is 15.8. The molecule has 0 aliphatic carbocycles. The summed E-state index contributed by atoms with van der Waals surface area (Å²) in [5, 5.41) is 0.777. The van der Waals surface area contributed by atoms with Gasteiger partial charge in [-0.1, -0.05) is 0 Å². The Labute approximate surface area is 99.2 Å². The molecule has 1 aromatic carbocycles. The van der Waals surface area contributed by atoms with Crippen molar-refractivity contribution in [2.24, 2.45) is 0 Å². The van der Waals surface area contributed by atoms with Gasteiger partial charge in [0.2, 0.25) is 0 Å². The number of methoxy groups -OCH3 is 2. The maximum Gasteiger partial charge on any atom is 0.170 e. The van der Waals surface area contributed by atoms with Crippen LogP contribution in [0.3, 0.4) is 0 Å². The van der Waals surface area contributed by atoms with Crippen molar-refractivity contribution in [2.45, 2.75) is 6.92 Å². The van der Waals surface area contributed by atoms with Crippen LogP contribution in [0.15, 0.2) is 24.4 Å². The fourth-order valence-electron chi connectivity index (χ4n) is 1.83. The Bertz CT molecular complexity index is 578. The molecule has 0 amide bonds. The lowest BCUT2D eigenvalue weighted by molar-refractivity contribution is 0.101. The number of ether oxygens (including phenoxy) is 2. The molecule has 0 fully saturated rings. The quantitative estimate of drug-likeness (QED) is 0.761. The van der Waals surface area contributed by atoms with Gasteiger partial charge in [0.15, 0.2) is 17.3 Å². The van der Waals surface area contributed by atoms with Crippen LogP contribution in [0.5, 0.6) is 11.5 Å². The topological polar surface area (TPSA) is 48.4 Å². The highest BCUT2D eigenvalue weighted by Gasteiger charge is 2.16. The summed E-state index contributed by atoms with van der Waals surface area (Å²) in [5.74, 6) is 1.09. The molecule has 0 aliphatic heterocycles. The number of carbonyl (C=O) groups is 1. The molecule has 0 atom stereocenters. The van der Waals surface area contributed by atoms with Crippen LogP contribution in [0.1, 0.15) is 17.3 Å². The Morgan fingerprint density at radius 1 is 1.29 bits per heavy atom. The molecule has 0 spiro atoms. The van der Waals surface area contributed by atoms with Gasteiger partial charge in [-0.15, -0.1) is 0 Å². The molecule has 4 nitrogen and oxygen atoms in total. The first-order valence-corrected chi connectivity index (χ1v) is 5.19. The van der Waals surface area contributed by atoms with Gasteiger partial charge in [0.05, 0.1) is 19.7 Å². The Morgan fingerprint density at radius 2 is 2.06 bits per heavy atom. The first-order valence-electron chi connectivity index (χ1n) is 5.19. The number of fused-ring (bicyclic) bond motifs is 1. The summed E-state index contributed by atoms with van der Waals surface area (Å²) in [6.45, 7) is 1.51. The van der Waals surface area contributed by atoms with Gasteiger partial charge < -0.3 is 9.47 Å². The van der Waals surface area contributed by atoms with Gasteiger partial charge in [0, 0.05) is 17.1 Å². The number of Topliss-reactive ketones (excluding diaryl/α,β-unsaturated/α-hetero) is 1. The zero-order chi connectivity index (χ0) is 12.4. The van der Waals surface area contributed by atoms with Gasteiger partial charge in [0.25, 0.3) is 0 Å². The van der Waals surface area contributed by atoms with Crippen LogP contribution < -0.4 is 9.47 Å². The van der Waals surface area contributed by atoms with Crippen molar-refractivity contribution in [3.05, 3.63) is 30.0 Å². The van der Waals surface area contributed by atoms with E-state index in [1.54, 1.807) is 32.5 Å². The van der Waals surface area contributed by atoms with Crippen molar-refractivity contribution < 1.29 is 14.3 Å². The van der Waals surface area contributed by atoms with E-state index in [0.717, 1.165) is 5.39 Å². The molecule has 0 saturated carbocycles. The third-order valence-electron chi connectivity index (χ3n) is 2.61. The van der Waals surface area contributed by atoms with Gasteiger partial charge in [-0.3, -0.25) is 9.78 Å². The van der Waals surface area contributed by atoms with Crippen molar-refractivity contribution >= 4 is 16.7 Å². The van der Waals surface area contributed by atoms with Crippen molar-refractivity contribution in [2.75, 3.05) is 14.2 Å². The van der Waals surface area contributed by atoms with Gasteiger partial charge in [-0.25, -0.2) is 0 Å². The fraction of sp³-hybridized carbons (Fsp3) is 0.231. The van der Waals surface area contributed by atoms with Crippen LogP contribution in [0.4, 0.5) is 0 Å².